The molecule has 0 amide bonds. The summed E-state index contributed by atoms with van der Waals surface area (Å²) in [6.07, 6.45) is 0. The van der Waals surface area contributed by atoms with Gasteiger partial charge < -0.3 is 10.2 Å². The summed E-state index contributed by atoms with van der Waals surface area (Å²) in [7, 11) is -3.57. The molecule has 1 aromatic rings. The summed E-state index contributed by atoms with van der Waals surface area (Å²) in [5, 5.41) is 7.31. The van der Waals surface area contributed by atoms with E-state index in [4.69, 9.17) is 5.14 Å². The van der Waals surface area contributed by atoms with Crippen LogP contribution in [-0.4, -0.2) is 34.6 Å². The molecule has 0 saturated carbocycles. The van der Waals surface area contributed by atoms with E-state index < -0.39 is 10.0 Å². The first-order valence-corrected chi connectivity index (χ1v) is 6.81. The molecule has 0 aromatic heterocycles. The average molecular weight is 242 g/mol. The van der Waals surface area contributed by atoms with Gasteiger partial charge in [-0.25, -0.2) is 13.6 Å². The molecule has 1 aromatic carbocycles. The molecule has 0 atom stereocenters. The van der Waals surface area contributed by atoms with Crippen molar-refractivity contribution in [3.05, 3.63) is 24.3 Å². The third kappa shape index (κ3) is 2.52. The maximum atomic E-state index is 11.1. The summed E-state index contributed by atoms with van der Waals surface area (Å²) >= 11 is 0. The molecule has 1 aliphatic rings. The number of quaternary nitrogens is 1. The molecule has 1 saturated heterocycles. The highest BCUT2D eigenvalue weighted by Crippen LogP contribution is 2.16. The molecule has 5 nitrogen and oxygen atoms in total. The third-order valence-corrected chi connectivity index (χ3v) is 3.67. The Hall–Kier alpha value is -1.11. The predicted molar refractivity (Wildman–Crippen MR) is 61.7 cm³/mol. The first kappa shape index (κ1) is 11.4. The van der Waals surface area contributed by atoms with Crippen molar-refractivity contribution < 1.29 is 13.7 Å². The van der Waals surface area contributed by atoms with Gasteiger partial charge in [0.25, 0.3) is 0 Å². The summed E-state index contributed by atoms with van der Waals surface area (Å²) in [6, 6.07) is 6.74. The van der Waals surface area contributed by atoms with Gasteiger partial charge in [0.05, 0.1) is 31.1 Å². The lowest BCUT2D eigenvalue weighted by Gasteiger charge is -2.27. The number of nitrogens with zero attached hydrogens (tertiary/aromatic N) is 1. The van der Waals surface area contributed by atoms with E-state index in [0.717, 1.165) is 31.9 Å². The first-order valence-electron chi connectivity index (χ1n) is 5.27. The van der Waals surface area contributed by atoms with Gasteiger partial charge in [-0.15, -0.1) is 0 Å². The Morgan fingerprint density at radius 2 is 1.69 bits per heavy atom. The van der Waals surface area contributed by atoms with Crippen molar-refractivity contribution in [2.24, 2.45) is 5.14 Å². The summed E-state index contributed by atoms with van der Waals surface area (Å²) < 4.78 is 22.2. The van der Waals surface area contributed by atoms with Crippen LogP contribution in [-0.2, 0) is 10.0 Å². The maximum absolute atomic E-state index is 11.1. The van der Waals surface area contributed by atoms with Gasteiger partial charge in [-0.2, -0.15) is 0 Å². The van der Waals surface area contributed by atoms with Gasteiger partial charge in [0.2, 0.25) is 10.0 Å². The van der Waals surface area contributed by atoms with E-state index in [1.165, 1.54) is 0 Å². The number of sulfonamides is 1. The zero-order valence-corrected chi connectivity index (χ0v) is 9.78. The number of primary sulfonamides is 1. The first-order chi connectivity index (χ1) is 7.57. The van der Waals surface area contributed by atoms with Crippen LogP contribution in [0.5, 0.6) is 0 Å². The molecule has 4 N–H and O–H groups in total. The Kier molecular flexibility index (Phi) is 3.13. The average Bonchev–Trinajstić information content (AvgIpc) is 2.29. The maximum Gasteiger partial charge on any atom is 0.238 e. The van der Waals surface area contributed by atoms with Gasteiger partial charge >= 0.3 is 0 Å². The molecule has 0 bridgehead atoms. The van der Waals surface area contributed by atoms with Crippen LogP contribution in [0.3, 0.4) is 0 Å². The molecule has 88 valence electrons. The Bertz CT molecular complexity index is 449. The largest absolute Gasteiger partial charge is 0.360 e. The van der Waals surface area contributed by atoms with E-state index in [-0.39, 0.29) is 4.90 Å². The summed E-state index contributed by atoms with van der Waals surface area (Å²) in [5.74, 6) is 0. The van der Waals surface area contributed by atoms with Crippen molar-refractivity contribution in [2.45, 2.75) is 4.90 Å². The molecule has 2 rings (SSSR count). The van der Waals surface area contributed by atoms with E-state index in [1.807, 2.05) is 12.1 Å². The van der Waals surface area contributed by atoms with E-state index >= 15 is 0 Å². The smallest absolute Gasteiger partial charge is 0.238 e. The molecule has 0 radical (unpaired) electrons. The molecular formula is C10H16N3O2S+. The zero-order valence-electron chi connectivity index (χ0n) is 8.96. The molecule has 0 unspecified atom stereocenters. The fourth-order valence-corrected chi connectivity index (χ4v) is 2.37. The molecule has 1 heterocycles. The highest BCUT2D eigenvalue weighted by atomic mass is 32.2. The van der Waals surface area contributed by atoms with E-state index in [1.54, 1.807) is 12.1 Å². The number of hydrogen-bond donors (Lipinski definition) is 2. The number of hydrogen-bond acceptors (Lipinski definition) is 3. The van der Waals surface area contributed by atoms with Crippen LogP contribution in [0.15, 0.2) is 29.2 Å². The second kappa shape index (κ2) is 4.40. The van der Waals surface area contributed by atoms with Crippen molar-refractivity contribution >= 4 is 15.7 Å². The van der Waals surface area contributed by atoms with Crippen LogP contribution >= 0.6 is 0 Å². The van der Waals surface area contributed by atoms with Crippen molar-refractivity contribution in [1.82, 2.24) is 0 Å². The van der Waals surface area contributed by atoms with Crippen LogP contribution in [0.1, 0.15) is 0 Å². The summed E-state index contributed by atoms with van der Waals surface area (Å²) in [6.45, 7) is 4.15. The van der Waals surface area contributed by atoms with E-state index in [0.29, 0.717) is 0 Å². The Labute approximate surface area is 95.3 Å². The fraction of sp³-hybridized carbons (Fsp3) is 0.400. The summed E-state index contributed by atoms with van der Waals surface area (Å²) in [5.41, 5.74) is 1.06. The van der Waals surface area contributed by atoms with Crippen LogP contribution < -0.4 is 15.4 Å². The molecular weight excluding hydrogens is 226 g/mol. The molecule has 1 aliphatic heterocycles. The zero-order chi connectivity index (χ0) is 11.6. The van der Waals surface area contributed by atoms with Crippen LogP contribution in [0, 0.1) is 0 Å². The minimum Gasteiger partial charge on any atom is -0.360 e. The van der Waals surface area contributed by atoms with Crippen LogP contribution in [0.4, 0.5) is 5.69 Å². The lowest BCUT2D eigenvalue weighted by atomic mass is 10.2. The van der Waals surface area contributed by atoms with Gasteiger partial charge in [-0.05, 0) is 24.3 Å². The van der Waals surface area contributed by atoms with Crippen molar-refractivity contribution in [3.63, 3.8) is 0 Å². The minimum atomic E-state index is -3.57. The Morgan fingerprint density at radius 3 is 2.19 bits per heavy atom. The predicted octanol–water partition coefficient (Wildman–Crippen LogP) is -1.28. The third-order valence-electron chi connectivity index (χ3n) is 2.74. The van der Waals surface area contributed by atoms with Crippen LogP contribution in [0.2, 0.25) is 0 Å². The van der Waals surface area contributed by atoms with Crippen molar-refractivity contribution in [3.8, 4) is 0 Å². The second-order valence-electron chi connectivity index (χ2n) is 3.89. The van der Waals surface area contributed by atoms with Crippen molar-refractivity contribution in [1.29, 1.82) is 0 Å². The number of rotatable bonds is 2. The molecule has 1 fully saturated rings. The van der Waals surface area contributed by atoms with Gasteiger partial charge in [0.15, 0.2) is 0 Å². The monoisotopic (exact) mass is 242 g/mol. The lowest BCUT2D eigenvalue weighted by Crippen LogP contribution is -2.89. The Balaban J connectivity index is 2.18. The van der Waals surface area contributed by atoms with Gasteiger partial charge in [-0.3, -0.25) is 0 Å². The molecule has 16 heavy (non-hydrogen) atoms. The normalized spacial score (nSPS) is 17.4. The quantitative estimate of drug-likeness (QED) is 0.678. The highest BCUT2D eigenvalue weighted by molar-refractivity contribution is 7.89. The number of anilines is 1. The van der Waals surface area contributed by atoms with Gasteiger partial charge in [-0.1, -0.05) is 0 Å². The Morgan fingerprint density at radius 1 is 1.12 bits per heavy atom. The lowest BCUT2D eigenvalue weighted by molar-refractivity contribution is -0.655. The van der Waals surface area contributed by atoms with Gasteiger partial charge in [0, 0.05) is 5.69 Å². The van der Waals surface area contributed by atoms with Crippen molar-refractivity contribution in [2.75, 3.05) is 31.1 Å². The number of benzene rings is 1. The molecule has 6 heteroatoms. The fourth-order valence-electron chi connectivity index (χ4n) is 1.86. The SMILES string of the molecule is NS(=O)(=O)c1ccc(N2CC[NH2+]CC2)cc1. The topological polar surface area (TPSA) is 80.0 Å². The van der Waals surface area contributed by atoms with Gasteiger partial charge in [0.1, 0.15) is 0 Å². The van der Waals surface area contributed by atoms with E-state index in [2.05, 4.69) is 10.2 Å². The van der Waals surface area contributed by atoms with Crippen LogP contribution in [0.25, 0.3) is 0 Å². The standard InChI is InChI=1S/C10H15N3O2S/c11-16(14,15)10-3-1-9(2-4-10)13-7-5-12-6-8-13/h1-4,12H,5-8H2,(H2,11,14,15)/p+1. The number of nitrogens with two attached hydrogens (primary N) is 2. The van der Waals surface area contributed by atoms with E-state index in [9.17, 15) is 8.42 Å². The number of piperazine rings is 1. The molecule has 0 aliphatic carbocycles. The second-order valence-corrected chi connectivity index (χ2v) is 5.45. The highest BCUT2D eigenvalue weighted by Gasteiger charge is 2.13. The molecule has 0 spiro atoms. The summed E-state index contributed by atoms with van der Waals surface area (Å²) in [4.78, 5) is 2.41. The minimum absolute atomic E-state index is 0.167.